The summed E-state index contributed by atoms with van der Waals surface area (Å²) in [4.78, 5) is 16.1. The minimum Gasteiger partial charge on any atom is -0.445 e. The number of halogens is 1. The van der Waals surface area contributed by atoms with E-state index in [0.717, 1.165) is 11.1 Å². The molecule has 2 rings (SSSR count). The van der Waals surface area contributed by atoms with Crippen molar-refractivity contribution in [3.05, 3.63) is 36.2 Å². The summed E-state index contributed by atoms with van der Waals surface area (Å²) in [7, 11) is 0. The highest BCUT2D eigenvalue weighted by molar-refractivity contribution is 5.93. The number of anilines is 1. The van der Waals surface area contributed by atoms with Crippen molar-refractivity contribution >= 4 is 24.0 Å². The van der Waals surface area contributed by atoms with E-state index in [1.54, 1.807) is 6.20 Å². The van der Waals surface area contributed by atoms with E-state index in [-0.39, 0.29) is 30.3 Å². The fraction of sp³-hybridized carbons (Fsp3) is 0.333. The molecule has 0 saturated carbocycles. The fourth-order valence-electron chi connectivity index (χ4n) is 1.78. The molecular weight excluding hydrogens is 290 g/mol. The fourth-order valence-corrected chi connectivity index (χ4v) is 1.78. The lowest BCUT2D eigenvalue weighted by molar-refractivity contribution is -0.119. The summed E-state index contributed by atoms with van der Waals surface area (Å²) in [6.07, 6.45) is 3.12. The van der Waals surface area contributed by atoms with Crippen molar-refractivity contribution in [2.24, 2.45) is 11.7 Å². The number of aromatic nitrogens is 1. The number of amides is 1. The van der Waals surface area contributed by atoms with Crippen LogP contribution in [0.1, 0.15) is 19.4 Å². The first-order chi connectivity index (χ1) is 9.49. The number of hydrogen-bond donors (Lipinski definition) is 2. The van der Waals surface area contributed by atoms with Crippen molar-refractivity contribution in [1.29, 1.82) is 0 Å². The van der Waals surface area contributed by atoms with Crippen LogP contribution in [0.25, 0.3) is 11.5 Å². The normalized spacial score (nSPS) is 13.1. The summed E-state index contributed by atoms with van der Waals surface area (Å²) in [5.41, 5.74) is 8.34. The molecular formula is C15H20ClN3O2. The number of rotatable bonds is 4. The monoisotopic (exact) mass is 309 g/mol. The second kappa shape index (κ2) is 7.24. The van der Waals surface area contributed by atoms with Crippen LogP contribution < -0.4 is 11.1 Å². The van der Waals surface area contributed by atoms with Gasteiger partial charge < -0.3 is 15.5 Å². The Morgan fingerprint density at radius 3 is 2.67 bits per heavy atom. The Balaban J connectivity index is 0.00000220. The lowest BCUT2D eigenvalue weighted by Crippen LogP contribution is -2.34. The molecule has 21 heavy (non-hydrogen) atoms. The SMILES string of the molecule is Cc1ccc(NC(=O)C(C)C(C)N)cc1-c1ncco1.Cl. The van der Waals surface area contributed by atoms with E-state index in [2.05, 4.69) is 10.3 Å². The number of nitrogens with two attached hydrogens (primary N) is 1. The molecule has 5 nitrogen and oxygen atoms in total. The van der Waals surface area contributed by atoms with E-state index in [0.29, 0.717) is 11.6 Å². The quantitative estimate of drug-likeness (QED) is 0.909. The minimum absolute atomic E-state index is 0. The zero-order chi connectivity index (χ0) is 14.7. The molecule has 1 aromatic heterocycles. The minimum atomic E-state index is -0.249. The van der Waals surface area contributed by atoms with Crippen LogP contribution in [0.4, 0.5) is 5.69 Å². The topological polar surface area (TPSA) is 81.2 Å². The van der Waals surface area contributed by atoms with E-state index >= 15 is 0 Å². The maximum atomic E-state index is 12.0. The van der Waals surface area contributed by atoms with Crippen molar-refractivity contribution in [3.63, 3.8) is 0 Å². The summed E-state index contributed by atoms with van der Waals surface area (Å²) in [6.45, 7) is 5.59. The first kappa shape index (κ1) is 17.2. The average molecular weight is 310 g/mol. The van der Waals surface area contributed by atoms with Crippen LogP contribution in [0, 0.1) is 12.8 Å². The van der Waals surface area contributed by atoms with Crippen molar-refractivity contribution in [2.75, 3.05) is 5.32 Å². The van der Waals surface area contributed by atoms with Gasteiger partial charge in [0.15, 0.2) is 0 Å². The summed E-state index contributed by atoms with van der Waals surface area (Å²) < 4.78 is 5.30. The smallest absolute Gasteiger partial charge is 0.228 e. The van der Waals surface area contributed by atoms with Crippen LogP contribution in [0.3, 0.4) is 0 Å². The third-order valence-electron chi connectivity index (χ3n) is 3.37. The van der Waals surface area contributed by atoms with Gasteiger partial charge in [-0.1, -0.05) is 13.0 Å². The van der Waals surface area contributed by atoms with Gasteiger partial charge in [0.2, 0.25) is 11.8 Å². The van der Waals surface area contributed by atoms with Gasteiger partial charge in [-0.05, 0) is 31.5 Å². The Bertz CT molecular complexity index is 597. The van der Waals surface area contributed by atoms with E-state index in [4.69, 9.17) is 10.2 Å². The van der Waals surface area contributed by atoms with E-state index in [1.807, 2.05) is 39.0 Å². The van der Waals surface area contributed by atoms with Gasteiger partial charge in [-0.3, -0.25) is 4.79 Å². The molecule has 6 heteroatoms. The van der Waals surface area contributed by atoms with Crippen LogP contribution >= 0.6 is 12.4 Å². The Labute approximate surface area is 130 Å². The van der Waals surface area contributed by atoms with E-state index in [9.17, 15) is 4.79 Å². The van der Waals surface area contributed by atoms with Crippen molar-refractivity contribution in [1.82, 2.24) is 4.98 Å². The lowest BCUT2D eigenvalue weighted by atomic mass is 10.0. The Morgan fingerprint density at radius 2 is 2.10 bits per heavy atom. The highest BCUT2D eigenvalue weighted by atomic mass is 35.5. The predicted molar refractivity (Wildman–Crippen MR) is 85.4 cm³/mol. The highest BCUT2D eigenvalue weighted by Gasteiger charge is 2.17. The molecule has 1 heterocycles. The highest BCUT2D eigenvalue weighted by Crippen LogP contribution is 2.25. The van der Waals surface area contributed by atoms with Gasteiger partial charge in [-0.2, -0.15) is 0 Å². The largest absolute Gasteiger partial charge is 0.445 e. The van der Waals surface area contributed by atoms with Crippen LogP contribution in [0.5, 0.6) is 0 Å². The molecule has 114 valence electrons. The number of nitrogens with zero attached hydrogens (tertiary/aromatic N) is 1. The van der Waals surface area contributed by atoms with Gasteiger partial charge in [-0.15, -0.1) is 12.4 Å². The zero-order valence-corrected chi connectivity index (χ0v) is 13.1. The first-order valence-corrected chi connectivity index (χ1v) is 6.56. The molecule has 0 fully saturated rings. The standard InChI is InChI=1S/C15H19N3O2.ClH/c1-9-4-5-12(18-14(19)10(2)11(3)16)8-13(9)15-17-6-7-20-15;/h4-8,10-11H,16H2,1-3H3,(H,18,19);1H. The van der Waals surface area contributed by atoms with Crippen LogP contribution in [0.15, 0.2) is 35.1 Å². The molecule has 0 bridgehead atoms. The molecule has 0 saturated heterocycles. The predicted octanol–water partition coefficient (Wildman–Crippen LogP) is 2.99. The molecule has 0 radical (unpaired) electrons. The number of carbonyl (C=O) groups is 1. The van der Waals surface area contributed by atoms with Crippen molar-refractivity contribution in [3.8, 4) is 11.5 Å². The molecule has 2 aromatic rings. The van der Waals surface area contributed by atoms with E-state index < -0.39 is 0 Å². The molecule has 2 unspecified atom stereocenters. The van der Waals surface area contributed by atoms with Gasteiger partial charge in [0.05, 0.1) is 12.1 Å². The van der Waals surface area contributed by atoms with Gasteiger partial charge in [0.1, 0.15) is 6.26 Å². The zero-order valence-electron chi connectivity index (χ0n) is 12.3. The summed E-state index contributed by atoms with van der Waals surface area (Å²) in [5, 5.41) is 2.86. The molecule has 0 spiro atoms. The molecule has 0 aliphatic rings. The molecule has 2 atom stereocenters. The number of hydrogen-bond acceptors (Lipinski definition) is 4. The summed E-state index contributed by atoms with van der Waals surface area (Å²) >= 11 is 0. The maximum Gasteiger partial charge on any atom is 0.228 e. The summed E-state index contributed by atoms with van der Waals surface area (Å²) in [6, 6.07) is 5.44. The number of carbonyl (C=O) groups excluding carboxylic acids is 1. The summed E-state index contributed by atoms with van der Waals surface area (Å²) in [5.74, 6) is 0.197. The van der Waals surface area contributed by atoms with Gasteiger partial charge in [0, 0.05) is 17.3 Å². The van der Waals surface area contributed by atoms with Crippen molar-refractivity contribution < 1.29 is 9.21 Å². The maximum absolute atomic E-state index is 12.0. The van der Waals surface area contributed by atoms with Gasteiger partial charge in [-0.25, -0.2) is 4.98 Å². The number of oxazole rings is 1. The van der Waals surface area contributed by atoms with Crippen molar-refractivity contribution in [2.45, 2.75) is 26.8 Å². The molecule has 0 aliphatic heterocycles. The number of aryl methyl sites for hydroxylation is 1. The van der Waals surface area contributed by atoms with Gasteiger partial charge in [0.25, 0.3) is 0 Å². The lowest BCUT2D eigenvalue weighted by Gasteiger charge is -2.16. The van der Waals surface area contributed by atoms with Crippen LogP contribution in [0.2, 0.25) is 0 Å². The third-order valence-corrected chi connectivity index (χ3v) is 3.37. The molecule has 1 amide bonds. The van der Waals surface area contributed by atoms with E-state index in [1.165, 1.54) is 6.26 Å². The second-order valence-electron chi connectivity index (χ2n) is 5.00. The average Bonchev–Trinajstić information content (AvgIpc) is 2.93. The van der Waals surface area contributed by atoms with Gasteiger partial charge >= 0.3 is 0 Å². The molecule has 1 aromatic carbocycles. The molecule has 3 N–H and O–H groups in total. The second-order valence-corrected chi connectivity index (χ2v) is 5.00. The number of nitrogens with one attached hydrogen (secondary N) is 1. The van der Waals surface area contributed by atoms with Crippen LogP contribution in [-0.2, 0) is 4.79 Å². The van der Waals surface area contributed by atoms with Crippen LogP contribution in [-0.4, -0.2) is 16.9 Å². The number of benzene rings is 1. The first-order valence-electron chi connectivity index (χ1n) is 6.56. The molecule has 0 aliphatic carbocycles. The Kier molecular flexibility index (Phi) is 5.93. The Hall–Kier alpha value is -1.85. The Morgan fingerprint density at radius 1 is 1.38 bits per heavy atom. The third kappa shape index (κ3) is 4.06.